The smallest absolute Gasteiger partial charge is 0.260 e. The summed E-state index contributed by atoms with van der Waals surface area (Å²) in [4.78, 5) is 25.8. The molecule has 142 valence electrons. The maximum atomic E-state index is 12.7. The van der Waals surface area contributed by atoms with Gasteiger partial charge in [-0.05, 0) is 18.2 Å². The zero-order valence-corrected chi connectivity index (χ0v) is 16.8. The van der Waals surface area contributed by atoms with Gasteiger partial charge >= 0.3 is 0 Å². The molecule has 5 nitrogen and oxygen atoms in total. The number of nitrogens with zero attached hydrogens (tertiary/aromatic N) is 3. The van der Waals surface area contributed by atoms with Crippen molar-refractivity contribution in [3.8, 4) is 0 Å². The van der Waals surface area contributed by atoms with E-state index in [0.29, 0.717) is 11.9 Å². The van der Waals surface area contributed by atoms with Crippen molar-refractivity contribution in [3.05, 3.63) is 69.7 Å². The lowest BCUT2D eigenvalue weighted by Crippen LogP contribution is -2.46. The summed E-state index contributed by atoms with van der Waals surface area (Å²) in [5.74, 6) is 0.732. The fraction of sp³-hybridized carbons (Fsp3) is 0.238. The van der Waals surface area contributed by atoms with E-state index < -0.39 is 0 Å². The molecule has 0 unspecified atom stereocenters. The minimum absolute atomic E-state index is 0.0489. The van der Waals surface area contributed by atoms with Crippen molar-refractivity contribution in [2.45, 2.75) is 6.54 Å². The van der Waals surface area contributed by atoms with Crippen LogP contribution in [-0.2, 0) is 6.54 Å². The van der Waals surface area contributed by atoms with Gasteiger partial charge in [-0.2, -0.15) is 0 Å². The molecular weight excluding hydrogens is 392 g/mol. The summed E-state index contributed by atoms with van der Waals surface area (Å²) in [6.07, 6.45) is 0. The monoisotopic (exact) mass is 410 g/mol. The van der Waals surface area contributed by atoms with Gasteiger partial charge < -0.3 is 9.88 Å². The third-order valence-corrected chi connectivity index (χ3v) is 6.62. The van der Waals surface area contributed by atoms with Crippen molar-refractivity contribution < 1.29 is 0 Å². The molecule has 3 heterocycles. The van der Waals surface area contributed by atoms with Gasteiger partial charge in [0.05, 0.1) is 22.6 Å². The van der Waals surface area contributed by atoms with E-state index >= 15 is 0 Å². The molecule has 7 heteroatoms. The maximum Gasteiger partial charge on any atom is 0.260 e. The number of benzene rings is 2. The highest BCUT2D eigenvalue weighted by Crippen LogP contribution is 2.30. The fourth-order valence-electron chi connectivity index (χ4n) is 3.82. The molecule has 5 rings (SSSR count). The van der Waals surface area contributed by atoms with Crippen LogP contribution in [0.5, 0.6) is 0 Å². The standard InChI is InChI=1S/C21H19ClN4OS/c22-15-6-2-3-7-16(15)26-11-9-25(10-12-26)13-18-23-20(27)19-14-5-1-4-8-17(14)28-21(19)24-18/h1-8H,9-13H2,(H,23,24,27). The second-order valence-electron chi connectivity index (χ2n) is 7.01. The molecule has 0 spiro atoms. The van der Waals surface area contributed by atoms with Crippen molar-refractivity contribution in [1.29, 1.82) is 0 Å². The van der Waals surface area contributed by atoms with Crippen molar-refractivity contribution in [2.24, 2.45) is 0 Å². The van der Waals surface area contributed by atoms with E-state index in [0.717, 1.165) is 57.6 Å². The second-order valence-corrected chi connectivity index (χ2v) is 8.44. The SMILES string of the molecule is O=c1[nH]c(CN2CCN(c3ccccc3Cl)CC2)nc2sc3ccccc3c12. The van der Waals surface area contributed by atoms with Gasteiger partial charge in [-0.3, -0.25) is 9.69 Å². The number of nitrogens with one attached hydrogen (secondary N) is 1. The van der Waals surface area contributed by atoms with Gasteiger partial charge in [0, 0.05) is 36.3 Å². The first-order chi connectivity index (χ1) is 13.7. The molecule has 1 fully saturated rings. The van der Waals surface area contributed by atoms with Gasteiger partial charge in [0.2, 0.25) is 0 Å². The predicted octanol–water partition coefficient (Wildman–Crippen LogP) is 4.11. The summed E-state index contributed by atoms with van der Waals surface area (Å²) in [5, 5.41) is 2.47. The summed E-state index contributed by atoms with van der Waals surface area (Å²) in [6, 6.07) is 15.9. The van der Waals surface area contributed by atoms with E-state index in [1.165, 1.54) is 0 Å². The van der Waals surface area contributed by atoms with Crippen LogP contribution in [0.4, 0.5) is 5.69 Å². The Kier molecular flexibility index (Phi) is 4.55. The molecular formula is C21H19ClN4OS. The normalized spacial score (nSPS) is 15.5. The third kappa shape index (κ3) is 3.17. The van der Waals surface area contributed by atoms with Crippen molar-refractivity contribution in [3.63, 3.8) is 0 Å². The average molecular weight is 411 g/mol. The molecule has 1 aliphatic heterocycles. The number of H-pyrrole nitrogens is 1. The van der Waals surface area contributed by atoms with E-state index in [2.05, 4.69) is 20.9 Å². The first kappa shape index (κ1) is 17.7. The molecule has 0 saturated carbocycles. The number of hydrogen-bond donors (Lipinski definition) is 1. The summed E-state index contributed by atoms with van der Waals surface area (Å²) < 4.78 is 1.10. The number of aromatic nitrogens is 2. The van der Waals surface area contributed by atoms with Crippen LogP contribution < -0.4 is 10.5 Å². The Hall–Kier alpha value is -2.41. The molecule has 28 heavy (non-hydrogen) atoms. The highest BCUT2D eigenvalue weighted by molar-refractivity contribution is 7.25. The zero-order valence-electron chi connectivity index (χ0n) is 15.2. The quantitative estimate of drug-likeness (QED) is 0.552. The summed E-state index contributed by atoms with van der Waals surface area (Å²) >= 11 is 7.91. The highest BCUT2D eigenvalue weighted by atomic mass is 35.5. The molecule has 0 bridgehead atoms. The van der Waals surface area contributed by atoms with E-state index in [1.807, 2.05) is 42.5 Å². The topological polar surface area (TPSA) is 52.2 Å². The Morgan fingerprint density at radius 2 is 1.79 bits per heavy atom. The molecule has 0 amide bonds. The lowest BCUT2D eigenvalue weighted by Gasteiger charge is -2.36. The minimum Gasteiger partial charge on any atom is -0.368 e. The maximum absolute atomic E-state index is 12.7. The van der Waals surface area contributed by atoms with Gasteiger partial charge in [0.25, 0.3) is 5.56 Å². The van der Waals surface area contributed by atoms with Crippen molar-refractivity contribution >= 4 is 48.9 Å². The number of rotatable bonds is 3. The number of piperazine rings is 1. The number of hydrogen-bond acceptors (Lipinski definition) is 5. The zero-order chi connectivity index (χ0) is 19.1. The lowest BCUT2D eigenvalue weighted by atomic mass is 10.2. The van der Waals surface area contributed by atoms with Crippen LogP contribution in [0.3, 0.4) is 0 Å². The van der Waals surface area contributed by atoms with Crippen LogP contribution in [0.25, 0.3) is 20.3 Å². The first-order valence-corrected chi connectivity index (χ1v) is 10.5. The number of para-hydroxylation sites is 1. The van der Waals surface area contributed by atoms with E-state index in [-0.39, 0.29) is 5.56 Å². The minimum atomic E-state index is -0.0489. The van der Waals surface area contributed by atoms with Crippen LogP contribution >= 0.6 is 22.9 Å². The largest absolute Gasteiger partial charge is 0.368 e. The van der Waals surface area contributed by atoms with Gasteiger partial charge in [-0.15, -0.1) is 11.3 Å². The number of anilines is 1. The lowest BCUT2D eigenvalue weighted by molar-refractivity contribution is 0.244. The summed E-state index contributed by atoms with van der Waals surface area (Å²) in [5.41, 5.74) is 1.04. The van der Waals surface area contributed by atoms with Crippen molar-refractivity contribution in [2.75, 3.05) is 31.1 Å². The number of thiophene rings is 1. The van der Waals surface area contributed by atoms with Gasteiger partial charge in [-0.25, -0.2) is 4.98 Å². The molecule has 4 aromatic rings. The Morgan fingerprint density at radius 3 is 2.61 bits per heavy atom. The van der Waals surface area contributed by atoms with Crippen LogP contribution in [0, 0.1) is 0 Å². The molecule has 0 atom stereocenters. The molecule has 2 aromatic heterocycles. The molecule has 2 aromatic carbocycles. The van der Waals surface area contributed by atoms with E-state index in [1.54, 1.807) is 11.3 Å². The third-order valence-electron chi connectivity index (χ3n) is 5.24. The van der Waals surface area contributed by atoms with Crippen LogP contribution in [0.1, 0.15) is 5.82 Å². The number of fused-ring (bicyclic) bond motifs is 3. The van der Waals surface area contributed by atoms with Gasteiger partial charge in [0.1, 0.15) is 10.7 Å². The number of halogens is 1. The van der Waals surface area contributed by atoms with Crippen LogP contribution in [0.2, 0.25) is 5.02 Å². The molecule has 1 N–H and O–H groups in total. The van der Waals surface area contributed by atoms with E-state index in [4.69, 9.17) is 16.6 Å². The first-order valence-electron chi connectivity index (χ1n) is 9.31. The molecule has 1 aliphatic rings. The Bertz CT molecular complexity index is 1210. The number of aromatic amines is 1. The van der Waals surface area contributed by atoms with Crippen molar-refractivity contribution in [1.82, 2.24) is 14.9 Å². The predicted molar refractivity (Wildman–Crippen MR) is 117 cm³/mol. The highest BCUT2D eigenvalue weighted by Gasteiger charge is 2.20. The summed E-state index contributed by atoms with van der Waals surface area (Å²) in [6.45, 7) is 4.26. The molecule has 1 saturated heterocycles. The van der Waals surface area contributed by atoms with Gasteiger partial charge in [-0.1, -0.05) is 41.9 Å². The van der Waals surface area contributed by atoms with E-state index in [9.17, 15) is 4.79 Å². The molecule has 0 radical (unpaired) electrons. The molecule has 0 aliphatic carbocycles. The van der Waals surface area contributed by atoms with Crippen LogP contribution in [-0.4, -0.2) is 41.0 Å². The Labute approximate surface area is 171 Å². The van der Waals surface area contributed by atoms with Crippen LogP contribution in [0.15, 0.2) is 53.3 Å². The average Bonchev–Trinajstić information content (AvgIpc) is 3.08. The fourth-order valence-corrected chi connectivity index (χ4v) is 5.17. The summed E-state index contributed by atoms with van der Waals surface area (Å²) in [7, 11) is 0. The Balaban J connectivity index is 1.34. The Morgan fingerprint density at radius 1 is 1.04 bits per heavy atom. The van der Waals surface area contributed by atoms with Gasteiger partial charge in [0.15, 0.2) is 0 Å². The second kappa shape index (κ2) is 7.20.